The van der Waals surface area contributed by atoms with Gasteiger partial charge in [0.05, 0.1) is 6.54 Å². The van der Waals surface area contributed by atoms with Crippen LogP contribution in [0.4, 0.5) is 0 Å². The third kappa shape index (κ3) is 5.57. The lowest BCUT2D eigenvalue weighted by atomic mass is 10.2. The van der Waals surface area contributed by atoms with Gasteiger partial charge in [-0.05, 0) is 26.7 Å². The van der Waals surface area contributed by atoms with Crippen LogP contribution >= 0.6 is 0 Å². The maximum Gasteiger partial charge on any atom is 0.234 e. The normalized spacial score (nSPS) is 16.4. The van der Waals surface area contributed by atoms with Crippen molar-refractivity contribution in [3.63, 3.8) is 0 Å². The van der Waals surface area contributed by atoms with E-state index in [1.54, 1.807) is 0 Å². The summed E-state index contributed by atoms with van der Waals surface area (Å²) in [6.07, 6.45) is 7.07. The Labute approximate surface area is 92.3 Å². The Hall–Kier alpha value is -0.830. The number of amides is 1. The van der Waals surface area contributed by atoms with Crippen molar-refractivity contribution in [1.82, 2.24) is 10.6 Å². The van der Waals surface area contributed by atoms with Crippen LogP contribution in [-0.2, 0) is 4.79 Å². The molecule has 0 saturated heterocycles. The summed E-state index contributed by atoms with van der Waals surface area (Å²) in [5.41, 5.74) is 1.24. The summed E-state index contributed by atoms with van der Waals surface area (Å²) >= 11 is 0. The molecule has 1 saturated carbocycles. The third-order valence-electron chi connectivity index (χ3n) is 2.72. The number of hydrogen-bond acceptors (Lipinski definition) is 2. The Morgan fingerprint density at radius 3 is 2.60 bits per heavy atom. The van der Waals surface area contributed by atoms with Crippen LogP contribution in [0.2, 0.25) is 0 Å². The van der Waals surface area contributed by atoms with E-state index < -0.39 is 0 Å². The molecule has 0 bridgehead atoms. The topological polar surface area (TPSA) is 41.1 Å². The minimum absolute atomic E-state index is 0.0967. The van der Waals surface area contributed by atoms with E-state index >= 15 is 0 Å². The van der Waals surface area contributed by atoms with E-state index in [1.165, 1.54) is 31.3 Å². The molecule has 2 N–H and O–H groups in total. The van der Waals surface area contributed by atoms with Crippen LogP contribution in [0.15, 0.2) is 11.6 Å². The van der Waals surface area contributed by atoms with Gasteiger partial charge in [0.25, 0.3) is 0 Å². The first-order chi connectivity index (χ1) is 7.18. The van der Waals surface area contributed by atoms with E-state index in [1.807, 2.05) is 19.9 Å². The van der Waals surface area contributed by atoms with Crippen molar-refractivity contribution in [3.8, 4) is 0 Å². The van der Waals surface area contributed by atoms with Gasteiger partial charge in [0.2, 0.25) is 5.91 Å². The molecule has 3 heteroatoms. The molecular weight excluding hydrogens is 188 g/mol. The highest BCUT2D eigenvalue weighted by molar-refractivity contribution is 5.78. The van der Waals surface area contributed by atoms with Crippen molar-refractivity contribution in [2.75, 3.05) is 13.1 Å². The third-order valence-corrected chi connectivity index (χ3v) is 2.72. The predicted molar refractivity (Wildman–Crippen MR) is 62.7 cm³/mol. The van der Waals surface area contributed by atoms with E-state index in [0.29, 0.717) is 19.1 Å². The summed E-state index contributed by atoms with van der Waals surface area (Å²) in [4.78, 5) is 11.4. The Bertz CT molecular complexity index is 226. The van der Waals surface area contributed by atoms with Crippen LogP contribution in [0.25, 0.3) is 0 Å². The second-order valence-electron chi connectivity index (χ2n) is 4.45. The minimum Gasteiger partial charge on any atom is -0.352 e. The summed E-state index contributed by atoms with van der Waals surface area (Å²) in [5, 5.41) is 6.15. The van der Waals surface area contributed by atoms with Crippen molar-refractivity contribution in [1.29, 1.82) is 0 Å². The summed E-state index contributed by atoms with van der Waals surface area (Å²) in [6, 6.07) is 0.569. The van der Waals surface area contributed by atoms with Crippen molar-refractivity contribution < 1.29 is 4.79 Å². The Balaban J connectivity index is 2.05. The van der Waals surface area contributed by atoms with Crippen LogP contribution in [0.5, 0.6) is 0 Å². The number of carbonyl (C=O) groups excluding carboxylic acids is 1. The van der Waals surface area contributed by atoms with Crippen LogP contribution < -0.4 is 10.6 Å². The summed E-state index contributed by atoms with van der Waals surface area (Å²) in [5.74, 6) is 0.0967. The minimum atomic E-state index is 0.0967. The van der Waals surface area contributed by atoms with Crippen molar-refractivity contribution >= 4 is 5.91 Å². The molecule has 0 radical (unpaired) electrons. The fourth-order valence-electron chi connectivity index (χ4n) is 1.80. The van der Waals surface area contributed by atoms with Gasteiger partial charge < -0.3 is 10.6 Å². The average Bonchev–Trinajstić information content (AvgIpc) is 2.66. The highest BCUT2D eigenvalue weighted by Gasteiger charge is 2.14. The van der Waals surface area contributed by atoms with E-state index in [0.717, 1.165) is 0 Å². The van der Waals surface area contributed by atoms with Crippen LogP contribution in [0.1, 0.15) is 39.5 Å². The molecule has 1 fully saturated rings. The molecule has 0 aliphatic heterocycles. The number of hydrogen-bond donors (Lipinski definition) is 2. The lowest BCUT2D eigenvalue weighted by molar-refractivity contribution is -0.120. The van der Waals surface area contributed by atoms with Gasteiger partial charge in [-0.3, -0.25) is 4.79 Å². The molecule has 0 unspecified atom stereocenters. The Kier molecular flexibility index (Phi) is 5.40. The largest absolute Gasteiger partial charge is 0.352 e. The SMILES string of the molecule is CC(C)=CCNC(=O)CNC1CCCC1. The maximum atomic E-state index is 11.4. The maximum absolute atomic E-state index is 11.4. The van der Waals surface area contributed by atoms with Gasteiger partial charge >= 0.3 is 0 Å². The lowest BCUT2D eigenvalue weighted by Gasteiger charge is -2.10. The summed E-state index contributed by atoms with van der Waals surface area (Å²) < 4.78 is 0. The van der Waals surface area contributed by atoms with E-state index in [9.17, 15) is 4.79 Å². The number of carbonyl (C=O) groups is 1. The van der Waals surface area contributed by atoms with E-state index in [2.05, 4.69) is 10.6 Å². The monoisotopic (exact) mass is 210 g/mol. The van der Waals surface area contributed by atoms with Crippen LogP contribution in [0.3, 0.4) is 0 Å². The summed E-state index contributed by atoms with van der Waals surface area (Å²) in [7, 11) is 0. The molecule has 0 heterocycles. The molecule has 1 aliphatic rings. The zero-order valence-corrected chi connectivity index (χ0v) is 9.81. The predicted octanol–water partition coefficient (Wildman–Crippen LogP) is 1.60. The lowest BCUT2D eigenvalue weighted by Crippen LogP contribution is -2.38. The van der Waals surface area contributed by atoms with E-state index in [4.69, 9.17) is 0 Å². The van der Waals surface area contributed by atoms with Crippen molar-refractivity contribution in [2.45, 2.75) is 45.6 Å². The molecule has 86 valence electrons. The van der Waals surface area contributed by atoms with Crippen LogP contribution in [-0.4, -0.2) is 25.0 Å². The summed E-state index contributed by atoms with van der Waals surface area (Å²) in [6.45, 7) is 5.17. The van der Waals surface area contributed by atoms with Gasteiger partial charge in [0.15, 0.2) is 0 Å². The van der Waals surface area contributed by atoms with Gasteiger partial charge in [-0.25, -0.2) is 0 Å². The molecule has 1 rings (SSSR count). The molecule has 15 heavy (non-hydrogen) atoms. The molecule has 0 aromatic heterocycles. The van der Waals surface area contributed by atoms with Crippen LogP contribution in [0, 0.1) is 0 Å². The molecule has 1 aliphatic carbocycles. The highest BCUT2D eigenvalue weighted by Crippen LogP contribution is 2.17. The fourth-order valence-corrected chi connectivity index (χ4v) is 1.80. The molecular formula is C12H22N2O. The molecule has 0 atom stereocenters. The van der Waals surface area contributed by atoms with E-state index in [-0.39, 0.29) is 5.91 Å². The van der Waals surface area contributed by atoms with Gasteiger partial charge in [-0.2, -0.15) is 0 Å². The molecule has 1 amide bonds. The Morgan fingerprint density at radius 1 is 1.33 bits per heavy atom. The number of allylic oxidation sites excluding steroid dienone is 1. The molecule has 3 nitrogen and oxygen atoms in total. The molecule has 0 aromatic carbocycles. The van der Waals surface area contributed by atoms with Gasteiger partial charge in [0.1, 0.15) is 0 Å². The average molecular weight is 210 g/mol. The molecule has 0 spiro atoms. The smallest absolute Gasteiger partial charge is 0.234 e. The first-order valence-electron chi connectivity index (χ1n) is 5.82. The van der Waals surface area contributed by atoms with Gasteiger partial charge in [-0.1, -0.05) is 24.5 Å². The molecule has 0 aromatic rings. The second kappa shape index (κ2) is 6.62. The zero-order chi connectivity index (χ0) is 11.1. The first kappa shape index (κ1) is 12.2. The van der Waals surface area contributed by atoms with Crippen molar-refractivity contribution in [2.24, 2.45) is 0 Å². The quantitative estimate of drug-likeness (QED) is 0.677. The van der Waals surface area contributed by atoms with Gasteiger partial charge in [0, 0.05) is 12.6 Å². The first-order valence-corrected chi connectivity index (χ1v) is 5.82. The Morgan fingerprint density at radius 2 is 2.00 bits per heavy atom. The highest BCUT2D eigenvalue weighted by atomic mass is 16.1. The van der Waals surface area contributed by atoms with Gasteiger partial charge in [-0.15, -0.1) is 0 Å². The second-order valence-corrected chi connectivity index (χ2v) is 4.45. The van der Waals surface area contributed by atoms with Crippen molar-refractivity contribution in [3.05, 3.63) is 11.6 Å². The standard InChI is InChI=1S/C12H22N2O/c1-10(2)7-8-13-12(15)9-14-11-5-3-4-6-11/h7,11,14H,3-6,8-9H2,1-2H3,(H,13,15). The number of nitrogens with one attached hydrogen (secondary N) is 2. The number of rotatable bonds is 5. The zero-order valence-electron chi connectivity index (χ0n) is 9.81. The fraction of sp³-hybridized carbons (Fsp3) is 0.750.